The van der Waals surface area contributed by atoms with Crippen molar-refractivity contribution in [3.8, 4) is 0 Å². The SMILES string of the molecule is COCCCNC(=O)N1CCCCC1CC(=O)O. The fourth-order valence-electron chi connectivity index (χ4n) is 2.20. The van der Waals surface area contributed by atoms with Gasteiger partial charge in [-0.25, -0.2) is 4.79 Å². The summed E-state index contributed by atoms with van der Waals surface area (Å²) in [4.78, 5) is 24.4. The second kappa shape index (κ2) is 7.92. The Bertz CT molecular complexity index is 283. The van der Waals surface area contributed by atoms with Gasteiger partial charge in [-0.2, -0.15) is 0 Å². The second-order valence-electron chi connectivity index (χ2n) is 4.52. The molecule has 0 saturated carbocycles. The van der Waals surface area contributed by atoms with Crippen LogP contribution in [0.25, 0.3) is 0 Å². The fraction of sp³-hybridized carbons (Fsp3) is 0.833. The first-order valence-corrected chi connectivity index (χ1v) is 6.40. The van der Waals surface area contributed by atoms with Crippen LogP contribution in [0.3, 0.4) is 0 Å². The monoisotopic (exact) mass is 258 g/mol. The number of nitrogens with one attached hydrogen (secondary N) is 1. The minimum Gasteiger partial charge on any atom is -0.481 e. The standard InChI is InChI=1S/C12H22N2O4/c1-18-8-4-6-13-12(17)14-7-3-2-5-10(14)9-11(15)16/h10H,2-9H2,1H3,(H,13,17)(H,15,16). The minimum atomic E-state index is -0.848. The smallest absolute Gasteiger partial charge is 0.317 e. The third-order valence-electron chi connectivity index (χ3n) is 3.10. The summed E-state index contributed by atoms with van der Waals surface area (Å²) in [5, 5.41) is 11.6. The van der Waals surface area contributed by atoms with Crippen LogP contribution < -0.4 is 5.32 Å². The molecule has 0 bridgehead atoms. The number of carbonyl (C=O) groups is 2. The van der Waals surface area contributed by atoms with E-state index in [1.807, 2.05) is 0 Å². The van der Waals surface area contributed by atoms with Crippen LogP contribution in [0.2, 0.25) is 0 Å². The number of piperidine rings is 1. The summed E-state index contributed by atoms with van der Waals surface area (Å²) >= 11 is 0. The van der Waals surface area contributed by atoms with Gasteiger partial charge in [0.2, 0.25) is 0 Å². The van der Waals surface area contributed by atoms with Crippen molar-refractivity contribution < 1.29 is 19.4 Å². The van der Waals surface area contributed by atoms with Crippen molar-refractivity contribution in [1.82, 2.24) is 10.2 Å². The number of carboxylic acids is 1. The third kappa shape index (κ3) is 4.91. The van der Waals surface area contributed by atoms with Crippen LogP contribution in [0.1, 0.15) is 32.1 Å². The lowest BCUT2D eigenvalue weighted by Crippen LogP contribution is -2.49. The zero-order valence-corrected chi connectivity index (χ0v) is 10.9. The van der Waals surface area contributed by atoms with Crippen molar-refractivity contribution >= 4 is 12.0 Å². The van der Waals surface area contributed by atoms with Gasteiger partial charge in [0.05, 0.1) is 6.42 Å². The summed E-state index contributed by atoms with van der Waals surface area (Å²) in [5.74, 6) is -0.848. The molecule has 1 aliphatic rings. The molecule has 1 unspecified atom stereocenters. The van der Waals surface area contributed by atoms with Gasteiger partial charge in [-0.15, -0.1) is 0 Å². The Morgan fingerprint density at radius 2 is 2.22 bits per heavy atom. The number of carbonyl (C=O) groups excluding carboxylic acids is 1. The maximum Gasteiger partial charge on any atom is 0.317 e. The fourth-order valence-corrected chi connectivity index (χ4v) is 2.20. The topological polar surface area (TPSA) is 78.9 Å². The van der Waals surface area contributed by atoms with Crippen LogP contribution in [0.5, 0.6) is 0 Å². The molecular formula is C12H22N2O4. The zero-order valence-electron chi connectivity index (χ0n) is 10.9. The summed E-state index contributed by atoms with van der Waals surface area (Å²) in [6.45, 7) is 1.82. The number of ether oxygens (including phenoxy) is 1. The Kier molecular flexibility index (Phi) is 6.49. The van der Waals surface area contributed by atoms with Crippen molar-refractivity contribution in [2.45, 2.75) is 38.1 Å². The van der Waals surface area contributed by atoms with E-state index in [0.717, 1.165) is 25.7 Å². The van der Waals surface area contributed by atoms with E-state index in [4.69, 9.17) is 9.84 Å². The highest BCUT2D eigenvalue weighted by Crippen LogP contribution is 2.19. The maximum absolute atomic E-state index is 11.9. The average Bonchev–Trinajstić information content (AvgIpc) is 2.34. The van der Waals surface area contributed by atoms with Crippen LogP contribution in [-0.2, 0) is 9.53 Å². The van der Waals surface area contributed by atoms with Gasteiger partial charge in [0.25, 0.3) is 0 Å². The highest BCUT2D eigenvalue weighted by atomic mass is 16.5. The number of nitrogens with zero attached hydrogens (tertiary/aromatic N) is 1. The zero-order chi connectivity index (χ0) is 13.4. The number of urea groups is 1. The van der Waals surface area contributed by atoms with Gasteiger partial charge >= 0.3 is 12.0 Å². The van der Waals surface area contributed by atoms with Crippen LogP contribution in [0.15, 0.2) is 0 Å². The first kappa shape index (κ1) is 14.8. The van der Waals surface area contributed by atoms with Gasteiger partial charge in [-0.1, -0.05) is 0 Å². The van der Waals surface area contributed by atoms with Crippen molar-refractivity contribution in [3.05, 3.63) is 0 Å². The van der Waals surface area contributed by atoms with E-state index in [1.165, 1.54) is 0 Å². The molecule has 0 radical (unpaired) electrons. The molecule has 1 saturated heterocycles. The summed E-state index contributed by atoms with van der Waals surface area (Å²) in [6, 6.07) is -0.323. The Labute approximate surface area is 107 Å². The Hall–Kier alpha value is -1.30. The number of likely N-dealkylation sites (tertiary alicyclic amines) is 1. The lowest BCUT2D eigenvalue weighted by Gasteiger charge is -2.34. The minimum absolute atomic E-state index is 0.0332. The molecule has 1 fully saturated rings. The number of hydrogen-bond acceptors (Lipinski definition) is 3. The average molecular weight is 258 g/mol. The number of methoxy groups -OCH3 is 1. The predicted octanol–water partition coefficient (Wildman–Crippen LogP) is 1.06. The van der Waals surface area contributed by atoms with Crippen LogP contribution in [0, 0.1) is 0 Å². The van der Waals surface area contributed by atoms with Crippen molar-refractivity contribution in [1.29, 1.82) is 0 Å². The summed E-state index contributed by atoms with van der Waals surface area (Å²) in [5.41, 5.74) is 0. The number of carboxylic acid groups (broad SMARTS) is 1. The lowest BCUT2D eigenvalue weighted by atomic mass is 10.00. The molecule has 6 heteroatoms. The van der Waals surface area contributed by atoms with Gasteiger partial charge in [0, 0.05) is 32.8 Å². The highest BCUT2D eigenvalue weighted by Gasteiger charge is 2.28. The number of hydrogen-bond donors (Lipinski definition) is 2. The largest absolute Gasteiger partial charge is 0.481 e. The molecule has 0 aromatic rings. The van der Waals surface area contributed by atoms with Crippen molar-refractivity contribution in [2.24, 2.45) is 0 Å². The van der Waals surface area contributed by atoms with Crippen LogP contribution >= 0.6 is 0 Å². The third-order valence-corrected chi connectivity index (χ3v) is 3.10. The van der Waals surface area contributed by atoms with E-state index in [9.17, 15) is 9.59 Å². The van der Waals surface area contributed by atoms with Gasteiger partial charge in [-0.3, -0.25) is 4.79 Å². The van der Waals surface area contributed by atoms with E-state index in [2.05, 4.69) is 5.32 Å². The van der Waals surface area contributed by atoms with E-state index < -0.39 is 5.97 Å². The normalized spacial score (nSPS) is 19.6. The molecule has 18 heavy (non-hydrogen) atoms. The first-order chi connectivity index (χ1) is 8.65. The maximum atomic E-state index is 11.9. The summed E-state index contributed by atoms with van der Waals surface area (Å²) < 4.78 is 4.90. The van der Waals surface area contributed by atoms with Crippen molar-refractivity contribution in [2.75, 3.05) is 26.8 Å². The summed E-state index contributed by atoms with van der Waals surface area (Å²) in [6.07, 6.45) is 3.51. The Balaban J connectivity index is 2.39. The van der Waals surface area contributed by atoms with E-state index >= 15 is 0 Å². The van der Waals surface area contributed by atoms with Gasteiger partial charge in [0.1, 0.15) is 0 Å². The molecule has 1 heterocycles. The molecule has 1 aliphatic heterocycles. The highest BCUT2D eigenvalue weighted by molar-refractivity contribution is 5.76. The predicted molar refractivity (Wildman–Crippen MR) is 66.5 cm³/mol. The van der Waals surface area contributed by atoms with Gasteiger partial charge in [-0.05, 0) is 25.7 Å². The number of amides is 2. The molecule has 1 atom stereocenters. The molecule has 0 aliphatic carbocycles. The molecule has 104 valence electrons. The molecule has 0 spiro atoms. The van der Waals surface area contributed by atoms with E-state index in [-0.39, 0.29) is 18.5 Å². The van der Waals surface area contributed by atoms with E-state index in [1.54, 1.807) is 12.0 Å². The van der Waals surface area contributed by atoms with Crippen LogP contribution in [-0.4, -0.2) is 54.9 Å². The lowest BCUT2D eigenvalue weighted by molar-refractivity contribution is -0.138. The number of rotatable bonds is 6. The quantitative estimate of drug-likeness (QED) is 0.698. The first-order valence-electron chi connectivity index (χ1n) is 6.40. The molecule has 6 nitrogen and oxygen atoms in total. The van der Waals surface area contributed by atoms with Crippen LogP contribution in [0.4, 0.5) is 4.79 Å². The second-order valence-corrected chi connectivity index (χ2v) is 4.52. The van der Waals surface area contributed by atoms with Gasteiger partial charge < -0.3 is 20.1 Å². The summed E-state index contributed by atoms with van der Waals surface area (Å²) in [7, 11) is 1.62. The number of aliphatic carboxylic acids is 1. The molecule has 2 N–H and O–H groups in total. The molecular weight excluding hydrogens is 236 g/mol. The molecule has 0 aromatic heterocycles. The molecule has 0 aromatic carbocycles. The van der Waals surface area contributed by atoms with Gasteiger partial charge in [0.15, 0.2) is 0 Å². The van der Waals surface area contributed by atoms with Crippen molar-refractivity contribution in [3.63, 3.8) is 0 Å². The molecule has 1 rings (SSSR count). The Morgan fingerprint density at radius 3 is 2.89 bits per heavy atom. The molecule has 2 amide bonds. The van der Waals surface area contributed by atoms with E-state index in [0.29, 0.717) is 19.7 Å². The Morgan fingerprint density at radius 1 is 1.44 bits per heavy atom.